The second kappa shape index (κ2) is 9.47. The Kier molecular flexibility index (Phi) is 5.29. The number of rotatable bonds is 4. The van der Waals surface area contributed by atoms with Crippen LogP contribution in [0.5, 0.6) is 0 Å². The molecule has 8 aromatic rings. The predicted molar refractivity (Wildman–Crippen MR) is 180 cm³/mol. The fourth-order valence-electron chi connectivity index (χ4n) is 6.64. The highest BCUT2D eigenvalue weighted by Gasteiger charge is 2.25. The number of para-hydroxylation sites is 1. The summed E-state index contributed by atoms with van der Waals surface area (Å²) in [5, 5.41) is 2.50. The van der Waals surface area contributed by atoms with Crippen LogP contribution in [0, 0.1) is 0 Å². The van der Waals surface area contributed by atoms with Gasteiger partial charge in [0.2, 0.25) is 5.95 Å². The monoisotopic (exact) mass is 546 g/mol. The molecule has 0 fully saturated rings. The van der Waals surface area contributed by atoms with Crippen molar-refractivity contribution >= 4 is 40.0 Å². The lowest BCUT2D eigenvalue weighted by molar-refractivity contribution is 1.04. The maximum absolute atomic E-state index is 5.14. The first-order valence-electron chi connectivity index (χ1n) is 14.6. The Hall–Kier alpha value is -5.61. The number of nitrogens with zero attached hydrogens (tertiary/aromatic N) is 2. The summed E-state index contributed by atoms with van der Waals surface area (Å²) in [6.07, 6.45) is 2.02. The minimum atomic E-state index is 0.814. The number of H-pyrrole nitrogens is 1. The van der Waals surface area contributed by atoms with Crippen molar-refractivity contribution in [3.8, 4) is 50.6 Å². The summed E-state index contributed by atoms with van der Waals surface area (Å²) in [5.74, 6) is 0.814. The van der Waals surface area contributed by atoms with Crippen LogP contribution in [-0.2, 0) is 0 Å². The molecule has 0 spiro atoms. The van der Waals surface area contributed by atoms with Gasteiger partial charge in [0.1, 0.15) is 0 Å². The maximum atomic E-state index is 5.14. The number of hydrogen-bond donors (Lipinski definition) is 1. The Balaban J connectivity index is 1.12. The SMILES string of the molecule is [B]1c2ccccc2-c2ccc3c(c21)c1ccccc1n3-c1nc(-c2cccc(-c3ccc(-c4ccccc4)cc3)c2)c[nH]1. The van der Waals surface area contributed by atoms with E-state index in [1.165, 1.54) is 55.1 Å². The third kappa shape index (κ3) is 3.80. The van der Waals surface area contributed by atoms with Crippen LogP contribution in [0.2, 0.25) is 0 Å². The zero-order valence-corrected chi connectivity index (χ0v) is 23.3. The summed E-state index contributed by atoms with van der Waals surface area (Å²) in [4.78, 5) is 8.64. The Bertz CT molecular complexity index is 2310. The molecular formula is C39H25BN3. The molecule has 199 valence electrons. The fraction of sp³-hybridized carbons (Fsp3) is 0. The molecule has 0 atom stereocenters. The molecule has 0 unspecified atom stereocenters. The Morgan fingerprint density at radius 3 is 2.12 bits per heavy atom. The van der Waals surface area contributed by atoms with Gasteiger partial charge in [0.25, 0.3) is 0 Å². The normalized spacial score (nSPS) is 11.9. The van der Waals surface area contributed by atoms with Crippen molar-refractivity contribution in [2.45, 2.75) is 0 Å². The summed E-state index contributed by atoms with van der Waals surface area (Å²) < 4.78 is 2.26. The van der Waals surface area contributed by atoms with E-state index in [1.807, 2.05) is 6.20 Å². The van der Waals surface area contributed by atoms with Crippen LogP contribution in [0.1, 0.15) is 0 Å². The van der Waals surface area contributed by atoms with Crippen molar-refractivity contribution in [3.63, 3.8) is 0 Å². The quantitative estimate of drug-likeness (QED) is 0.222. The summed E-state index contributed by atoms with van der Waals surface area (Å²) >= 11 is 0. The van der Waals surface area contributed by atoms with E-state index in [9.17, 15) is 0 Å². The van der Waals surface area contributed by atoms with Gasteiger partial charge in [-0.05, 0) is 51.6 Å². The van der Waals surface area contributed by atoms with Gasteiger partial charge in [-0.3, -0.25) is 4.57 Å². The highest BCUT2D eigenvalue weighted by Crippen LogP contribution is 2.35. The number of hydrogen-bond acceptors (Lipinski definition) is 1. The molecule has 1 aliphatic heterocycles. The Labute approximate surface area is 250 Å². The van der Waals surface area contributed by atoms with Crippen LogP contribution < -0.4 is 10.9 Å². The first kappa shape index (κ1) is 24.0. The summed E-state index contributed by atoms with van der Waals surface area (Å²) in [5.41, 5.74) is 14.2. The van der Waals surface area contributed by atoms with Crippen LogP contribution in [0.4, 0.5) is 0 Å². The highest BCUT2D eigenvalue weighted by atomic mass is 15.2. The van der Waals surface area contributed by atoms with E-state index >= 15 is 0 Å². The second-order valence-electron chi connectivity index (χ2n) is 11.1. The van der Waals surface area contributed by atoms with Crippen molar-refractivity contribution < 1.29 is 0 Å². The van der Waals surface area contributed by atoms with E-state index in [-0.39, 0.29) is 0 Å². The molecule has 4 heteroatoms. The average Bonchev–Trinajstić information content (AvgIpc) is 3.79. The van der Waals surface area contributed by atoms with Gasteiger partial charge in [-0.2, -0.15) is 0 Å². The molecule has 1 N–H and O–H groups in total. The lowest BCUT2D eigenvalue weighted by Gasteiger charge is -2.07. The standard InChI is InChI=1S/C39H25BN3/c1-2-9-25(10-3-1)26-17-19-27(20-18-26)28-11-8-12-29(23-28)34-24-41-39(42-34)43-35-16-7-5-14-32(35)37-36(43)22-21-31-30-13-4-6-15-33(30)40-38(31)37/h1-24H,(H,41,42). The Morgan fingerprint density at radius 2 is 1.23 bits per heavy atom. The van der Waals surface area contributed by atoms with Crippen molar-refractivity contribution in [3.05, 3.63) is 146 Å². The number of aromatic nitrogens is 3. The first-order chi connectivity index (χ1) is 21.3. The van der Waals surface area contributed by atoms with Gasteiger partial charge in [0, 0.05) is 22.5 Å². The molecule has 0 amide bonds. The molecule has 3 heterocycles. The largest absolute Gasteiger partial charge is 0.330 e. The van der Waals surface area contributed by atoms with Gasteiger partial charge in [0.15, 0.2) is 7.28 Å². The minimum absolute atomic E-state index is 0.814. The van der Waals surface area contributed by atoms with Crippen LogP contribution in [0.15, 0.2) is 146 Å². The number of fused-ring (bicyclic) bond motifs is 7. The lowest BCUT2D eigenvalue weighted by Crippen LogP contribution is -2.21. The van der Waals surface area contributed by atoms with Gasteiger partial charge in [-0.15, -0.1) is 0 Å². The fourth-order valence-corrected chi connectivity index (χ4v) is 6.64. The van der Waals surface area contributed by atoms with Crippen molar-refractivity contribution in [1.29, 1.82) is 0 Å². The van der Waals surface area contributed by atoms with Crippen molar-refractivity contribution in [2.75, 3.05) is 0 Å². The van der Waals surface area contributed by atoms with Crippen molar-refractivity contribution in [2.24, 2.45) is 0 Å². The van der Waals surface area contributed by atoms with E-state index in [0.717, 1.165) is 28.2 Å². The average molecular weight is 546 g/mol. The molecule has 0 aliphatic carbocycles. The van der Waals surface area contributed by atoms with E-state index in [1.54, 1.807) is 0 Å². The van der Waals surface area contributed by atoms with E-state index in [4.69, 9.17) is 4.98 Å². The minimum Gasteiger partial charge on any atom is -0.330 e. The molecule has 1 aliphatic rings. The number of benzene rings is 6. The zero-order chi connectivity index (χ0) is 28.3. The van der Waals surface area contributed by atoms with Gasteiger partial charge in [0.05, 0.1) is 16.7 Å². The molecule has 1 radical (unpaired) electrons. The summed E-state index contributed by atoms with van der Waals surface area (Å²) in [6.45, 7) is 0. The molecule has 0 saturated heterocycles. The Morgan fingerprint density at radius 1 is 0.535 bits per heavy atom. The van der Waals surface area contributed by atoms with Crippen LogP contribution >= 0.6 is 0 Å². The molecule has 6 aromatic carbocycles. The molecule has 2 aromatic heterocycles. The summed E-state index contributed by atoms with van der Waals surface area (Å²) in [6, 6.07) is 49.7. The second-order valence-corrected chi connectivity index (χ2v) is 11.1. The first-order valence-corrected chi connectivity index (χ1v) is 14.6. The molecule has 0 saturated carbocycles. The molecule has 9 rings (SSSR count). The van der Waals surface area contributed by atoms with Gasteiger partial charge < -0.3 is 4.98 Å². The van der Waals surface area contributed by atoms with Gasteiger partial charge >= 0.3 is 0 Å². The maximum Gasteiger partial charge on any atom is 0.212 e. The van der Waals surface area contributed by atoms with E-state index < -0.39 is 0 Å². The topological polar surface area (TPSA) is 33.6 Å². The lowest BCUT2D eigenvalue weighted by atomic mass is 9.66. The number of nitrogens with one attached hydrogen (secondary N) is 1. The zero-order valence-electron chi connectivity index (χ0n) is 23.3. The summed E-state index contributed by atoms with van der Waals surface area (Å²) in [7, 11) is 2.33. The van der Waals surface area contributed by atoms with Crippen LogP contribution in [0.3, 0.4) is 0 Å². The van der Waals surface area contributed by atoms with Crippen molar-refractivity contribution in [1.82, 2.24) is 14.5 Å². The van der Waals surface area contributed by atoms with Gasteiger partial charge in [-0.25, -0.2) is 4.98 Å². The predicted octanol–water partition coefficient (Wildman–Crippen LogP) is 8.14. The highest BCUT2D eigenvalue weighted by molar-refractivity contribution is 6.76. The van der Waals surface area contributed by atoms with Crippen LogP contribution in [-0.4, -0.2) is 21.8 Å². The molecule has 43 heavy (non-hydrogen) atoms. The van der Waals surface area contributed by atoms with Crippen LogP contribution in [0.25, 0.3) is 72.4 Å². The molecule has 3 nitrogen and oxygen atoms in total. The molecular weight excluding hydrogens is 521 g/mol. The van der Waals surface area contributed by atoms with E-state index in [2.05, 4.69) is 156 Å². The number of imidazole rings is 1. The van der Waals surface area contributed by atoms with E-state index in [0.29, 0.717) is 0 Å². The third-order valence-corrected chi connectivity index (χ3v) is 8.69. The number of aromatic amines is 1. The van der Waals surface area contributed by atoms with Gasteiger partial charge in [-0.1, -0.05) is 132 Å². The molecule has 0 bridgehead atoms. The third-order valence-electron chi connectivity index (χ3n) is 8.69. The smallest absolute Gasteiger partial charge is 0.212 e.